The van der Waals surface area contributed by atoms with Crippen molar-refractivity contribution in [2.24, 2.45) is 11.8 Å². The standard InChI is InChI=1S/C10H20N2O4/c1-7(2)5-11-15-9(13)10(14)16-12-6-8(3)4/h7-8,11-12H,5-6H2,1-4H3. The van der Waals surface area contributed by atoms with Gasteiger partial charge in [0.2, 0.25) is 0 Å². The minimum absolute atomic E-state index is 0.322. The molecule has 94 valence electrons. The predicted octanol–water partition coefficient (Wildman–Crippen LogP) is 0.394. The summed E-state index contributed by atoms with van der Waals surface area (Å²) in [7, 11) is 0. The predicted molar refractivity (Wildman–Crippen MR) is 57.9 cm³/mol. The Balaban J connectivity index is 3.62. The van der Waals surface area contributed by atoms with Gasteiger partial charge >= 0.3 is 11.9 Å². The van der Waals surface area contributed by atoms with Gasteiger partial charge < -0.3 is 9.68 Å². The molecule has 0 aliphatic carbocycles. The van der Waals surface area contributed by atoms with E-state index in [1.165, 1.54) is 0 Å². The average molecular weight is 232 g/mol. The third-order valence-electron chi connectivity index (χ3n) is 1.48. The maximum atomic E-state index is 11.0. The maximum absolute atomic E-state index is 11.0. The van der Waals surface area contributed by atoms with Crippen molar-refractivity contribution in [3.8, 4) is 0 Å². The van der Waals surface area contributed by atoms with Crippen LogP contribution in [0.15, 0.2) is 0 Å². The van der Waals surface area contributed by atoms with Crippen LogP contribution in [0.4, 0.5) is 0 Å². The zero-order chi connectivity index (χ0) is 12.6. The number of hydrogen-bond acceptors (Lipinski definition) is 6. The van der Waals surface area contributed by atoms with Gasteiger partial charge in [0.05, 0.1) is 0 Å². The monoisotopic (exact) mass is 232 g/mol. The lowest BCUT2D eigenvalue weighted by Crippen LogP contribution is -2.33. The van der Waals surface area contributed by atoms with E-state index in [2.05, 4.69) is 20.6 Å². The fourth-order valence-electron chi connectivity index (χ4n) is 0.631. The van der Waals surface area contributed by atoms with Crippen molar-refractivity contribution in [3.63, 3.8) is 0 Å². The molecular formula is C10H20N2O4. The van der Waals surface area contributed by atoms with Crippen LogP contribution in [0.1, 0.15) is 27.7 Å². The van der Waals surface area contributed by atoms with Crippen molar-refractivity contribution < 1.29 is 19.3 Å². The van der Waals surface area contributed by atoms with E-state index in [0.29, 0.717) is 24.9 Å². The lowest BCUT2D eigenvalue weighted by Gasteiger charge is -2.08. The van der Waals surface area contributed by atoms with Gasteiger partial charge in [0.25, 0.3) is 0 Å². The van der Waals surface area contributed by atoms with Crippen LogP contribution < -0.4 is 11.0 Å². The Hall–Kier alpha value is -1.14. The Kier molecular flexibility index (Phi) is 7.49. The Morgan fingerprint density at radius 3 is 1.44 bits per heavy atom. The quantitative estimate of drug-likeness (QED) is 0.510. The first-order chi connectivity index (χ1) is 7.43. The first kappa shape index (κ1) is 14.9. The molecule has 0 spiro atoms. The molecule has 16 heavy (non-hydrogen) atoms. The molecule has 0 aromatic rings. The molecule has 0 aliphatic rings. The molecule has 0 saturated carbocycles. The highest BCUT2D eigenvalue weighted by Crippen LogP contribution is 1.89. The number of hydrogen-bond donors (Lipinski definition) is 2. The maximum Gasteiger partial charge on any atom is 0.437 e. The van der Waals surface area contributed by atoms with Crippen molar-refractivity contribution >= 4 is 11.9 Å². The molecule has 2 N–H and O–H groups in total. The molecule has 0 radical (unpaired) electrons. The fourth-order valence-corrected chi connectivity index (χ4v) is 0.631. The molecule has 0 rings (SSSR count). The molecule has 0 aliphatic heterocycles. The third kappa shape index (κ3) is 8.19. The average Bonchev–Trinajstić information content (AvgIpc) is 2.16. The van der Waals surface area contributed by atoms with E-state index >= 15 is 0 Å². The lowest BCUT2D eigenvalue weighted by molar-refractivity contribution is -0.176. The summed E-state index contributed by atoms with van der Waals surface area (Å²) in [5, 5.41) is 0. The number of carbonyl (C=O) groups excluding carboxylic acids is 2. The summed E-state index contributed by atoms with van der Waals surface area (Å²) in [6.07, 6.45) is 0. The Labute approximate surface area is 95.6 Å². The Morgan fingerprint density at radius 2 is 1.19 bits per heavy atom. The molecule has 0 bridgehead atoms. The molecule has 6 heteroatoms. The van der Waals surface area contributed by atoms with Crippen LogP contribution >= 0.6 is 0 Å². The summed E-state index contributed by atoms with van der Waals surface area (Å²) in [6.45, 7) is 8.76. The van der Waals surface area contributed by atoms with Crippen molar-refractivity contribution in [1.82, 2.24) is 11.0 Å². The number of rotatable bonds is 6. The van der Waals surface area contributed by atoms with Crippen LogP contribution in [-0.4, -0.2) is 25.0 Å². The second-order valence-corrected chi connectivity index (χ2v) is 4.26. The van der Waals surface area contributed by atoms with Gasteiger partial charge in [-0.3, -0.25) is 0 Å². The van der Waals surface area contributed by atoms with Crippen molar-refractivity contribution in [1.29, 1.82) is 0 Å². The lowest BCUT2D eigenvalue weighted by atomic mass is 10.2. The smallest absolute Gasteiger partial charge is 0.362 e. The van der Waals surface area contributed by atoms with Gasteiger partial charge in [-0.1, -0.05) is 27.7 Å². The zero-order valence-electron chi connectivity index (χ0n) is 10.2. The van der Waals surface area contributed by atoms with Gasteiger partial charge in [-0.05, 0) is 11.8 Å². The molecule has 0 fully saturated rings. The van der Waals surface area contributed by atoms with Gasteiger partial charge in [0, 0.05) is 13.1 Å². The van der Waals surface area contributed by atoms with Crippen molar-refractivity contribution in [2.45, 2.75) is 27.7 Å². The SMILES string of the molecule is CC(C)CNOC(=O)C(=O)ONCC(C)C. The van der Waals surface area contributed by atoms with Crippen LogP contribution in [-0.2, 0) is 19.3 Å². The van der Waals surface area contributed by atoms with Crippen LogP contribution in [0.5, 0.6) is 0 Å². The molecule has 0 unspecified atom stereocenters. The highest BCUT2D eigenvalue weighted by molar-refractivity contribution is 6.29. The van der Waals surface area contributed by atoms with Gasteiger partial charge in [0.15, 0.2) is 0 Å². The van der Waals surface area contributed by atoms with E-state index in [1.807, 2.05) is 27.7 Å². The van der Waals surface area contributed by atoms with Gasteiger partial charge in [-0.2, -0.15) is 11.0 Å². The molecule has 0 saturated heterocycles. The number of nitrogens with one attached hydrogen (secondary N) is 2. The molecule has 0 amide bonds. The van der Waals surface area contributed by atoms with E-state index in [1.54, 1.807) is 0 Å². The minimum atomic E-state index is -1.06. The van der Waals surface area contributed by atoms with Crippen LogP contribution in [0.3, 0.4) is 0 Å². The first-order valence-electron chi connectivity index (χ1n) is 5.31. The molecule has 0 heterocycles. The summed E-state index contributed by atoms with van der Waals surface area (Å²) in [4.78, 5) is 30.9. The van der Waals surface area contributed by atoms with Crippen molar-refractivity contribution in [2.75, 3.05) is 13.1 Å². The first-order valence-corrected chi connectivity index (χ1v) is 5.31. The van der Waals surface area contributed by atoms with Gasteiger partial charge in [-0.15, -0.1) is 0 Å². The second-order valence-electron chi connectivity index (χ2n) is 4.26. The normalized spacial score (nSPS) is 10.6. The molecule has 6 nitrogen and oxygen atoms in total. The van der Waals surface area contributed by atoms with Crippen molar-refractivity contribution in [3.05, 3.63) is 0 Å². The number of carbonyl (C=O) groups is 2. The summed E-state index contributed by atoms with van der Waals surface area (Å²) in [5.74, 6) is -1.47. The van der Waals surface area contributed by atoms with E-state index < -0.39 is 11.9 Å². The fraction of sp³-hybridized carbons (Fsp3) is 0.800. The van der Waals surface area contributed by atoms with E-state index in [0.717, 1.165) is 0 Å². The largest absolute Gasteiger partial charge is 0.437 e. The summed E-state index contributed by atoms with van der Waals surface area (Å²) >= 11 is 0. The summed E-state index contributed by atoms with van der Waals surface area (Å²) < 4.78 is 0. The van der Waals surface area contributed by atoms with Gasteiger partial charge in [0.1, 0.15) is 0 Å². The molecular weight excluding hydrogens is 212 g/mol. The molecule has 0 aromatic carbocycles. The number of hydroxylamine groups is 2. The second kappa shape index (κ2) is 8.06. The van der Waals surface area contributed by atoms with E-state index in [4.69, 9.17) is 0 Å². The van der Waals surface area contributed by atoms with Crippen LogP contribution in [0.2, 0.25) is 0 Å². The van der Waals surface area contributed by atoms with Gasteiger partial charge in [-0.25, -0.2) is 9.59 Å². The topological polar surface area (TPSA) is 76.7 Å². The molecule has 0 aromatic heterocycles. The zero-order valence-corrected chi connectivity index (χ0v) is 10.2. The highest BCUT2D eigenvalue weighted by atomic mass is 16.7. The van der Waals surface area contributed by atoms with Crippen LogP contribution in [0.25, 0.3) is 0 Å². The van der Waals surface area contributed by atoms with Crippen LogP contribution in [0, 0.1) is 11.8 Å². The minimum Gasteiger partial charge on any atom is -0.362 e. The van der Waals surface area contributed by atoms with E-state index in [-0.39, 0.29) is 0 Å². The molecule has 0 atom stereocenters. The third-order valence-corrected chi connectivity index (χ3v) is 1.48. The van der Waals surface area contributed by atoms with E-state index in [9.17, 15) is 9.59 Å². The summed E-state index contributed by atoms with van der Waals surface area (Å²) in [5.41, 5.74) is 4.77. The Bertz CT molecular complexity index is 205. The highest BCUT2D eigenvalue weighted by Gasteiger charge is 2.18. The summed E-state index contributed by atoms with van der Waals surface area (Å²) in [6, 6.07) is 0. The Morgan fingerprint density at radius 1 is 0.875 bits per heavy atom.